The average molecular weight is 261 g/mol. The van der Waals surface area contributed by atoms with Gasteiger partial charge in [-0.2, -0.15) is 0 Å². The van der Waals surface area contributed by atoms with Crippen molar-refractivity contribution in [1.29, 1.82) is 0 Å². The minimum Gasteiger partial charge on any atom is -0.393 e. The highest BCUT2D eigenvalue weighted by molar-refractivity contribution is 6.33. The van der Waals surface area contributed by atoms with Crippen LogP contribution in [0.15, 0.2) is 18.2 Å². The Morgan fingerprint density at radius 1 is 1.31 bits per heavy atom. The molecule has 1 N–H and O–H groups in total. The molecule has 16 heavy (non-hydrogen) atoms. The number of aliphatic hydroxyl groups excluding tert-OH is 1. The zero-order valence-electron chi connectivity index (χ0n) is 9.93. The van der Waals surface area contributed by atoms with Crippen molar-refractivity contribution in [2.75, 3.05) is 0 Å². The molecule has 90 valence electrons. The summed E-state index contributed by atoms with van der Waals surface area (Å²) in [5.41, 5.74) is 1.06. The summed E-state index contributed by atoms with van der Waals surface area (Å²) in [6, 6.07) is 5.50. The fourth-order valence-corrected chi connectivity index (χ4v) is 2.45. The zero-order chi connectivity index (χ0) is 12.3. The van der Waals surface area contributed by atoms with E-state index in [1.165, 1.54) is 0 Å². The van der Waals surface area contributed by atoms with Crippen LogP contribution in [0.5, 0.6) is 0 Å². The van der Waals surface area contributed by atoms with Crippen LogP contribution in [-0.4, -0.2) is 11.2 Å². The Kier molecular flexibility index (Phi) is 4.66. The molecule has 0 fully saturated rings. The highest BCUT2D eigenvalue weighted by atomic mass is 35.5. The first kappa shape index (κ1) is 13.8. The summed E-state index contributed by atoms with van der Waals surface area (Å²) in [5, 5.41) is 10.9. The van der Waals surface area contributed by atoms with Crippen molar-refractivity contribution in [3.05, 3.63) is 33.8 Å². The van der Waals surface area contributed by atoms with E-state index in [4.69, 9.17) is 23.2 Å². The summed E-state index contributed by atoms with van der Waals surface area (Å²) < 4.78 is 0. The Bertz CT molecular complexity index is 359. The van der Waals surface area contributed by atoms with Gasteiger partial charge in [0.2, 0.25) is 0 Å². The molecule has 0 aliphatic rings. The van der Waals surface area contributed by atoms with Crippen LogP contribution in [0.3, 0.4) is 0 Å². The van der Waals surface area contributed by atoms with Crippen LogP contribution >= 0.6 is 23.2 Å². The smallest absolute Gasteiger partial charge is 0.0517 e. The van der Waals surface area contributed by atoms with E-state index in [2.05, 4.69) is 13.8 Å². The van der Waals surface area contributed by atoms with E-state index in [1.807, 2.05) is 12.1 Å². The molecule has 1 atom stereocenters. The summed E-state index contributed by atoms with van der Waals surface area (Å²) in [4.78, 5) is 0. The minimum absolute atomic E-state index is 0.0164. The first-order chi connectivity index (χ1) is 7.30. The maximum Gasteiger partial charge on any atom is 0.0517 e. The molecule has 0 saturated carbocycles. The number of hydrogen-bond acceptors (Lipinski definition) is 1. The third-order valence-electron chi connectivity index (χ3n) is 2.52. The lowest BCUT2D eigenvalue weighted by molar-refractivity contribution is 0.129. The van der Waals surface area contributed by atoms with Gasteiger partial charge in [0.15, 0.2) is 0 Å². The number of halogens is 2. The molecule has 0 radical (unpaired) electrons. The lowest BCUT2D eigenvalue weighted by Crippen LogP contribution is -2.21. The molecule has 1 aromatic carbocycles. The van der Waals surface area contributed by atoms with Gasteiger partial charge in [0.1, 0.15) is 0 Å². The molecule has 1 unspecified atom stereocenters. The first-order valence-electron chi connectivity index (χ1n) is 5.42. The van der Waals surface area contributed by atoms with E-state index >= 15 is 0 Å². The summed E-state index contributed by atoms with van der Waals surface area (Å²) in [5.74, 6) is 0. The van der Waals surface area contributed by atoms with Crippen LogP contribution < -0.4 is 0 Å². The maximum atomic E-state index is 9.43. The van der Waals surface area contributed by atoms with Gasteiger partial charge in [0.25, 0.3) is 0 Å². The Labute approximate surface area is 107 Å². The topological polar surface area (TPSA) is 20.2 Å². The maximum absolute atomic E-state index is 9.43. The van der Waals surface area contributed by atoms with Gasteiger partial charge in [-0.15, -0.1) is 0 Å². The Morgan fingerprint density at radius 3 is 2.50 bits per heavy atom. The van der Waals surface area contributed by atoms with Crippen molar-refractivity contribution in [2.45, 2.75) is 39.7 Å². The van der Waals surface area contributed by atoms with Gasteiger partial charge in [-0.25, -0.2) is 0 Å². The highest BCUT2D eigenvalue weighted by Gasteiger charge is 2.22. The molecule has 0 aliphatic carbocycles. The van der Waals surface area contributed by atoms with Gasteiger partial charge in [0.05, 0.1) is 6.10 Å². The van der Waals surface area contributed by atoms with Crippen molar-refractivity contribution >= 4 is 23.2 Å². The van der Waals surface area contributed by atoms with E-state index in [9.17, 15) is 5.11 Å². The van der Waals surface area contributed by atoms with Gasteiger partial charge in [-0.1, -0.05) is 37.0 Å². The second-order valence-electron chi connectivity index (χ2n) is 5.13. The third-order valence-corrected chi connectivity index (χ3v) is 3.13. The average Bonchev–Trinajstić information content (AvgIpc) is 2.08. The monoisotopic (exact) mass is 260 g/mol. The van der Waals surface area contributed by atoms with Crippen molar-refractivity contribution in [2.24, 2.45) is 5.41 Å². The Morgan fingerprint density at radius 2 is 1.94 bits per heavy atom. The molecular formula is C13H18Cl2O. The Hall–Kier alpha value is -0.240. The summed E-state index contributed by atoms with van der Waals surface area (Å²) in [6.45, 7) is 6.05. The summed E-state index contributed by atoms with van der Waals surface area (Å²) >= 11 is 12.1. The van der Waals surface area contributed by atoms with E-state index < -0.39 is 0 Å². The lowest BCUT2D eigenvalue weighted by Gasteiger charge is -2.26. The fourth-order valence-electron chi connectivity index (χ4n) is 2.07. The minimum atomic E-state index is -0.298. The van der Waals surface area contributed by atoms with Gasteiger partial charge < -0.3 is 5.11 Å². The molecule has 0 aromatic heterocycles. The van der Waals surface area contributed by atoms with Crippen molar-refractivity contribution in [1.82, 2.24) is 0 Å². The molecule has 0 spiro atoms. The molecule has 1 nitrogen and oxygen atoms in total. The van der Waals surface area contributed by atoms with Crippen molar-refractivity contribution in [3.63, 3.8) is 0 Å². The van der Waals surface area contributed by atoms with Crippen LogP contribution in [0.4, 0.5) is 0 Å². The molecule has 3 heteroatoms. The van der Waals surface area contributed by atoms with Crippen LogP contribution in [0.25, 0.3) is 0 Å². The zero-order valence-corrected chi connectivity index (χ0v) is 11.4. The second kappa shape index (κ2) is 5.39. The fraction of sp³-hybridized carbons (Fsp3) is 0.538. The SMILES string of the molecule is CC(O)CC(C)(C)Cc1cc(Cl)ccc1Cl. The number of hydrogen-bond donors (Lipinski definition) is 1. The molecule has 1 rings (SSSR count). The predicted molar refractivity (Wildman–Crippen MR) is 70.2 cm³/mol. The van der Waals surface area contributed by atoms with Gasteiger partial charge in [0, 0.05) is 10.0 Å². The first-order valence-corrected chi connectivity index (χ1v) is 6.18. The van der Waals surface area contributed by atoms with Crippen LogP contribution in [0.2, 0.25) is 10.0 Å². The highest BCUT2D eigenvalue weighted by Crippen LogP contribution is 2.31. The van der Waals surface area contributed by atoms with Gasteiger partial charge in [-0.05, 0) is 48.9 Å². The third kappa shape index (κ3) is 4.32. The molecule has 0 bridgehead atoms. The van der Waals surface area contributed by atoms with Crippen molar-refractivity contribution in [3.8, 4) is 0 Å². The lowest BCUT2D eigenvalue weighted by atomic mass is 9.81. The van der Waals surface area contributed by atoms with E-state index in [0.717, 1.165) is 23.4 Å². The van der Waals surface area contributed by atoms with Crippen LogP contribution in [0, 0.1) is 5.41 Å². The Balaban J connectivity index is 2.82. The molecule has 0 heterocycles. The molecule has 0 aliphatic heterocycles. The molecule has 0 saturated heterocycles. The van der Waals surface area contributed by atoms with Crippen molar-refractivity contribution < 1.29 is 5.11 Å². The largest absolute Gasteiger partial charge is 0.393 e. The quantitative estimate of drug-likeness (QED) is 0.855. The van der Waals surface area contributed by atoms with E-state index in [0.29, 0.717) is 5.02 Å². The normalized spacial score (nSPS) is 13.9. The van der Waals surface area contributed by atoms with E-state index in [1.54, 1.807) is 13.0 Å². The van der Waals surface area contributed by atoms with Gasteiger partial charge >= 0.3 is 0 Å². The van der Waals surface area contributed by atoms with Gasteiger partial charge in [-0.3, -0.25) is 0 Å². The number of benzene rings is 1. The molecule has 1 aromatic rings. The second-order valence-corrected chi connectivity index (χ2v) is 5.97. The molecule has 0 amide bonds. The van der Waals surface area contributed by atoms with Crippen LogP contribution in [-0.2, 0) is 6.42 Å². The molecular weight excluding hydrogens is 243 g/mol. The van der Waals surface area contributed by atoms with E-state index in [-0.39, 0.29) is 11.5 Å². The number of rotatable bonds is 4. The summed E-state index contributed by atoms with van der Waals surface area (Å²) in [7, 11) is 0. The summed E-state index contributed by atoms with van der Waals surface area (Å²) in [6.07, 6.45) is 1.26. The van der Waals surface area contributed by atoms with Crippen LogP contribution in [0.1, 0.15) is 32.8 Å². The predicted octanol–water partition coefficient (Wildman–Crippen LogP) is 4.33. The number of aliphatic hydroxyl groups is 1. The standard InChI is InChI=1S/C13H18Cl2O/c1-9(16)7-13(2,3)8-10-6-11(14)4-5-12(10)15/h4-6,9,16H,7-8H2,1-3H3.